The highest BCUT2D eigenvalue weighted by Gasteiger charge is 2.01. The van der Waals surface area contributed by atoms with Crippen molar-refractivity contribution >= 4 is 17.4 Å². The molecule has 0 aliphatic carbocycles. The Labute approximate surface area is 93.2 Å². The molecule has 0 aliphatic heterocycles. The largest absolute Gasteiger partial charge is 0.399 e. The predicted molar refractivity (Wildman–Crippen MR) is 61.6 cm³/mol. The molecule has 0 saturated carbocycles. The number of carbonyl (C=O) groups is 1. The van der Waals surface area contributed by atoms with Gasteiger partial charge in [0.2, 0.25) is 0 Å². The van der Waals surface area contributed by atoms with Crippen LogP contribution >= 0.6 is 0 Å². The molecule has 6 N–H and O–H groups in total. The number of urea groups is 1. The summed E-state index contributed by atoms with van der Waals surface area (Å²) in [4.78, 5) is 10.4. The zero-order chi connectivity index (χ0) is 12.0. The van der Waals surface area contributed by atoms with Crippen LogP contribution in [0.25, 0.3) is 0 Å². The number of amides is 2. The minimum atomic E-state index is -0.570. The van der Waals surface area contributed by atoms with Crippen LogP contribution in [-0.4, -0.2) is 19.1 Å². The third-order valence-corrected chi connectivity index (χ3v) is 1.90. The van der Waals surface area contributed by atoms with Crippen molar-refractivity contribution in [3.05, 3.63) is 23.8 Å². The van der Waals surface area contributed by atoms with E-state index in [1.165, 1.54) is 0 Å². The van der Waals surface area contributed by atoms with Gasteiger partial charge in [-0.15, -0.1) is 0 Å². The Morgan fingerprint density at radius 3 is 2.81 bits per heavy atom. The lowest BCUT2D eigenvalue weighted by Crippen LogP contribution is -2.33. The quantitative estimate of drug-likeness (QED) is 0.428. The number of nitrogens with two attached hydrogens (primary N) is 2. The first-order valence-electron chi connectivity index (χ1n) is 4.70. The Bertz CT molecular complexity index is 424. The highest BCUT2D eigenvalue weighted by Crippen LogP contribution is 2.17. The zero-order valence-corrected chi connectivity index (χ0v) is 8.66. The van der Waals surface area contributed by atoms with Crippen LogP contribution in [0, 0.1) is 11.3 Å². The normalized spacial score (nSPS) is 9.19. The molecular formula is C10H13N5O. The number of carbonyl (C=O) groups excluding carboxylic acids is 1. The average molecular weight is 219 g/mol. The molecule has 1 aromatic carbocycles. The number of nitrogens with one attached hydrogen (secondary N) is 2. The number of hydrogen-bond acceptors (Lipinski definition) is 4. The van der Waals surface area contributed by atoms with Gasteiger partial charge in [-0.3, -0.25) is 0 Å². The number of hydrogen-bond donors (Lipinski definition) is 4. The lowest BCUT2D eigenvalue weighted by Gasteiger charge is -2.08. The predicted octanol–water partition coefficient (Wildman–Crippen LogP) is 0.221. The van der Waals surface area contributed by atoms with Crippen LogP contribution in [-0.2, 0) is 0 Å². The van der Waals surface area contributed by atoms with Gasteiger partial charge in [-0.2, -0.15) is 5.26 Å². The highest BCUT2D eigenvalue weighted by atomic mass is 16.2. The van der Waals surface area contributed by atoms with Crippen molar-refractivity contribution in [1.82, 2.24) is 5.32 Å². The van der Waals surface area contributed by atoms with Gasteiger partial charge >= 0.3 is 6.03 Å². The van der Waals surface area contributed by atoms with Gasteiger partial charge < -0.3 is 22.1 Å². The standard InChI is InChI=1S/C10H13N5O/c11-6-7-5-8(12)1-2-9(7)14-3-4-15-10(13)16/h1-2,5,14H,3-4,12H2,(H3,13,15,16). The van der Waals surface area contributed by atoms with E-state index in [4.69, 9.17) is 16.7 Å². The number of nitrogen functional groups attached to an aromatic ring is 1. The maximum atomic E-state index is 10.4. The van der Waals surface area contributed by atoms with Gasteiger partial charge in [-0.05, 0) is 18.2 Å². The summed E-state index contributed by atoms with van der Waals surface area (Å²) in [7, 11) is 0. The van der Waals surface area contributed by atoms with Crippen LogP contribution in [0.5, 0.6) is 0 Å². The first kappa shape index (κ1) is 11.7. The summed E-state index contributed by atoms with van der Waals surface area (Å²) in [6.07, 6.45) is 0. The van der Waals surface area contributed by atoms with Crippen LogP contribution in [0.1, 0.15) is 5.56 Å². The summed E-state index contributed by atoms with van der Waals surface area (Å²) in [6.45, 7) is 0.881. The fraction of sp³-hybridized carbons (Fsp3) is 0.200. The summed E-state index contributed by atoms with van der Waals surface area (Å²) >= 11 is 0. The van der Waals surface area contributed by atoms with E-state index in [-0.39, 0.29) is 0 Å². The summed E-state index contributed by atoms with van der Waals surface area (Å²) in [5, 5.41) is 14.3. The molecule has 0 fully saturated rings. The first-order chi connectivity index (χ1) is 7.63. The molecule has 0 radical (unpaired) electrons. The van der Waals surface area contributed by atoms with E-state index >= 15 is 0 Å². The Morgan fingerprint density at radius 2 is 2.19 bits per heavy atom. The van der Waals surface area contributed by atoms with Gasteiger partial charge in [0.1, 0.15) is 6.07 Å². The zero-order valence-electron chi connectivity index (χ0n) is 8.66. The van der Waals surface area contributed by atoms with E-state index in [1.807, 2.05) is 6.07 Å². The molecule has 0 atom stereocenters. The van der Waals surface area contributed by atoms with E-state index in [0.717, 1.165) is 0 Å². The third kappa shape index (κ3) is 3.38. The van der Waals surface area contributed by atoms with Gasteiger partial charge in [0, 0.05) is 18.8 Å². The second kappa shape index (κ2) is 5.46. The fourth-order valence-corrected chi connectivity index (χ4v) is 1.19. The molecule has 0 heterocycles. The molecular weight excluding hydrogens is 206 g/mol. The topological polar surface area (TPSA) is 117 Å². The van der Waals surface area contributed by atoms with Gasteiger partial charge in [0.05, 0.1) is 11.3 Å². The Balaban J connectivity index is 2.54. The lowest BCUT2D eigenvalue weighted by atomic mass is 10.1. The van der Waals surface area contributed by atoms with Crippen molar-refractivity contribution < 1.29 is 4.79 Å². The molecule has 16 heavy (non-hydrogen) atoms. The summed E-state index contributed by atoms with van der Waals surface area (Å²) in [5.41, 5.74) is 12.1. The summed E-state index contributed by atoms with van der Waals surface area (Å²) < 4.78 is 0. The Hall–Kier alpha value is -2.42. The molecule has 2 amide bonds. The molecule has 84 valence electrons. The van der Waals surface area contributed by atoms with Crippen LogP contribution in [0.4, 0.5) is 16.2 Å². The van der Waals surface area contributed by atoms with E-state index in [9.17, 15) is 4.79 Å². The SMILES string of the molecule is N#Cc1cc(N)ccc1NCCNC(N)=O. The molecule has 0 aliphatic rings. The van der Waals surface area contributed by atoms with E-state index in [0.29, 0.717) is 30.0 Å². The van der Waals surface area contributed by atoms with Crippen LogP contribution < -0.4 is 22.1 Å². The molecule has 1 aromatic rings. The van der Waals surface area contributed by atoms with Gasteiger partial charge in [0.25, 0.3) is 0 Å². The van der Waals surface area contributed by atoms with E-state index in [1.54, 1.807) is 18.2 Å². The van der Waals surface area contributed by atoms with Crippen molar-refractivity contribution in [2.45, 2.75) is 0 Å². The summed E-state index contributed by atoms with van der Waals surface area (Å²) in [6, 6.07) is 6.47. The van der Waals surface area contributed by atoms with Crippen LogP contribution in [0.2, 0.25) is 0 Å². The number of anilines is 2. The Morgan fingerprint density at radius 1 is 1.44 bits per heavy atom. The molecule has 6 heteroatoms. The molecule has 0 bridgehead atoms. The number of rotatable bonds is 4. The molecule has 6 nitrogen and oxygen atoms in total. The number of nitrogens with zero attached hydrogens (tertiary/aromatic N) is 1. The van der Waals surface area contributed by atoms with Crippen molar-refractivity contribution in [3.8, 4) is 6.07 Å². The van der Waals surface area contributed by atoms with E-state index < -0.39 is 6.03 Å². The second-order valence-electron chi connectivity index (χ2n) is 3.13. The summed E-state index contributed by atoms with van der Waals surface area (Å²) in [5.74, 6) is 0. The molecule has 0 aromatic heterocycles. The molecule has 0 unspecified atom stereocenters. The van der Waals surface area contributed by atoms with Crippen LogP contribution in [0.3, 0.4) is 0 Å². The highest BCUT2D eigenvalue weighted by molar-refractivity contribution is 5.71. The van der Waals surface area contributed by atoms with Gasteiger partial charge in [0.15, 0.2) is 0 Å². The second-order valence-corrected chi connectivity index (χ2v) is 3.13. The van der Waals surface area contributed by atoms with Crippen molar-refractivity contribution in [3.63, 3.8) is 0 Å². The van der Waals surface area contributed by atoms with E-state index in [2.05, 4.69) is 10.6 Å². The number of nitriles is 1. The maximum absolute atomic E-state index is 10.4. The Kier molecular flexibility index (Phi) is 3.98. The van der Waals surface area contributed by atoms with Crippen molar-refractivity contribution in [2.24, 2.45) is 5.73 Å². The first-order valence-corrected chi connectivity index (χ1v) is 4.70. The minimum absolute atomic E-state index is 0.393. The minimum Gasteiger partial charge on any atom is -0.399 e. The van der Waals surface area contributed by atoms with Gasteiger partial charge in [-0.25, -0.2) is 4.79 Å². The average Bonchev–Trinajstić information content (AvgIpc) is 2.25. The van der Waals surface area contributed by atoms with Crippen molar-refractivity contribution in [1.29, 1.82) is 5.26 Å². The maximum Gasteiger partial charge on any atom is 0.312 e. The smallest absolute Gasteiger partial charge is 0.312 e. The number of benzene rings is 1. The molecule has 0 spiro atoms. The molecule has 0 saturated heterocycles. The lowest BCUT2D eigenvalue weighted by molar-refractivity contribution is 0.249. The fourth-order valence-electron chi connectivity index (χ4n) is 1.19. The van der Waals surface area contributed by atoms with Crippen LogP contribution in [0.15, 0.2) is 18.2 Å². The van der Waals surface area contributed by atoms with Gasteiger partial charge in [-0.1, -0.05) is 0 Å². The number of primary amides is 1. The third-order valence-electron chi connectivity index (χ3n) is 1.90. The molecule has 1 rings (SSSR count). The monoisotopic (exact) mass is 219 g/mol. The van der Waals surface area contributed by atoms with Crippen molar-refractivity contribution in [2.75, 3.05) is 24.1 Å².